The highest BCUT2D eigenvalue weighted by Crippen LogP contribution is 2.32. The molecule has 2 fully saturated rings. The Morgan fingerprint density at radius 1 is 0.571 bits per heavy atom. The van der Waals surface area contributed by atoms with Gasteiger partial charge < -0.3 is 52.8 Å². The van der Waals surface area contributed by atoms with Crippen LogP contribution >= 0.6 is 0 Å². The van der Waals surface area contributed by atoms with Crippen molar-refractivity contribution in [1.82, 2.24) is 0 Å². The molecule has 15 heteroatoms. The van der Waals surface area contributed by atoms with Gasteiger partial charge in [-0.2, -0.15) is 0 Å². The van der Waals surface area contributed by atoms with Gasteiger partial charge in [0.25, 0.3) is 0 Å². The number of carbonyl (C=O) groups is 4. The number of esters is 4. The first-order valence-electron chi connectivity index (χ1n) is 15.7. The Hall–Kier alpha value is -3.96. The van der Waals surface area contributed by atoms with E-state index < -0.39 is 98.5 Å². The number of hydrogen-bond acceptors (Lipinski definition) is 15. The zero-order valence-electron chi connectivity index (χ0n) is 27.6. The second-order valence-corrected chi connectivity index (χ2v) is 11.5. The van der Waals surface area contributed by atoms with E-state index in [1.165, 1.54) is 0 Å². The van der Waals surface area contributed by atoms with Crippen LogP contribution in [0.4, 0.5) is 0 Å². The van der Waals surface area contributed by atoms with Gasteiger partial charge in [-0.25, -0.2) is 0 Å². The van der Waals surface area contributed by atoms with Gasteiger partial charge in [-0.15, -0.1) is 0 Å². The van der Waals surface area contributed by atoms with Crippen molar-refractivity contribution in [3.05, 3.63) is 71.8 Å². The molecule has 0 radical (unpaired) electrons. The molecular weight excluding hydrogens is 648 g/mol. The molecule has 2 N–H and O–H groups in total. The number of aliphatic hydroxyl groups is 2. The molecule has 2 aliphatic rings. The second-order valence-electron chi connectivity index (χ2n) is 11.5. The van der Waals surface area contributed by atoms with Crippen molar-refractivity contribution in [3.8, 4) is 0 Å². The van der Waals surface area contributed by atoms with E-state index in [0.29, 0.717) is 0 Å². The molecule has 0 unspecified atom stereocenters. The SMILES string of the molecule is CC(=O)OC[C@H]1O[C@@H](OC[C@H]2O[C@@H](O)[C@H](OCc3ccccc3)[C@@H](O)[C@@H]2OCc2ccccc2)[C@H](OC(C)=O)[C@@H](OC(C)=O)[C@@H]1OC(C)=O. The maximum absolute atomic E-state index is 12.2. The molecule has 10 atom stereocenters. The molecule has 2 aromatic carbocycles. The molecule has 0 amide bonds. The molecular formula is C34H42O15. The van der Waals surface area contributed by atoms with E-state index in [1.807, 2.05) is 60.7 Å². The van der Waals surface area contributed by atoms with Crippen molar-refractivity contribution in [1.29, 1.82) is 0 Å². The van der Waals surface area contributed by atoms with Gasteiger partial charge in [-0.3, -0.25) is 19.2 Å². The average Bonchev–Trinajstić information content (AvgIpc) is 3.05. The summed E-state index contributed by atoms with van der Waals surface area (Å²) in [6, 6.07) is 18.3. The van der Waals surface area contributed by atoms with Crippen LogP contribution in [0.5, 0.6) is 0 Å². The van der Waals surface area contributed by atoms with Crippen molar-refractivity contribution in [2.45, 2.75) is 102 Å². The fourth-order valence-corrected chi connectivity index (χ4v) is 5.48. The van der Waals surface area contributed by atoms with E-state index in [4.69, 9.17) is 42.6 Å². The maximum Gasteiger partial charge on any atom is 0.303 e. The van der Waals surface area contributed by atoms with Gasteiger partial charge in [0.1, 0.15) is 37.1 Å². The quantitative estimate of drug-likeness (QED) is 0.213. The summed E-state index contributed by atoms with van der Waals surface area (Å²) in [4.78, 5) is 48.1. The first-order valence-corrected chi connectivity index (χ1v) is 15.7. The smallest absolute Gasteiger partial charge is 0.303 e. The van der Waals surface area contributed by atoms with E-state index in [9.17, 15) is 29.4 Å². The largest absolute Gasteiger partial charge is 0.463 e. The van der Waals surface area contributed by atoms with Crippen LogP contribution in [0.1, 0.15) is 38.8 Å². The minimum atomic E-state index is -1.61. The Labute approximate surface area is 283 Å². The van der Waals surface area contributed by atoms with E-state index in [-0.39, 0.29) is 13.2 Å². The van der Waals surface area contributed by atoms with Crippen molar-refractivity contribution in [3.63, 3.8) is 0 Å². The number of hydrogen-bond donors (Lipinski definition) is 2. The molecule has 15 nitrogen and oxygen atoms in total. The number of carbonyl (C=O) groups excluding carboxylic acids is 4. The van der Waals surface area contributed by atoms with Gasteiger partial charge in [-0.1, -0.05) is 60.7 Å². The van der Waals surface area contributed by atoms with E-state index in [0.717, 1.165) is 38.8 Å². The number of aliphatic hydroxyl groups excluding tert-OH is 2. The molecule has 2 aliphatic heterocycles. The summed E-state index contributed by atoms with van der Waals surface area (Å²) in [5.74, 6) is -3.05. The third-order valence-corrected chi connectivity index (χ3v) is 7.58. The average molecular weight is 691 g/mol. The highest BCUT2D eigenvalue weighted by atomic mass is 16.7. The summed E-state index contributed by atoms with van der Waals surface area (Å²) in [5.41, 5.74) is 1.60. The van der Waals surface area contributed by atoms with Crippen LogP contribution in [0.15, 0.2) is 60.7 Å². The van der Waals surface area contributed by atoms with Gasteiger partial charge in [0.05, 0.1) is 19.8 Å². The van der Waals surface area contributed by atoms with E-state index in [2.05, 4.69) is 0 Å². The predicted molar refractivity (Wildman–Crippen MR) is 165 cm³/mol. The molecule has 2 aromatic rings. The van der Waals surface area contributed by atoms with Gasteiger partial charge >= 0.3 is 23.9 Å². The lowest BCUT2D eigenvalue weighted by atomic mass is 9.97. The molecule has 0 spiro atoms. The minimum Gasteiger partial charge on any atom is -0.463 e. The molecule has 4 rings (SSSR count). The lowest BCUT2D eigenvalue weighted by molar-refractivity contribution is -0.335. The van der Waals surface area contributed by atoms with Crippen molar-refractivity contribution < 1.29 is 72.0 Å². The Bertz CT molecular complexity index is 1370. The summed E-state index contributed by atoms with van der Waals surface area (Å²) >= 11 is 0. The molecule has 2 saturated heterocycles. The third-order valence-electron chi connectivity index (χ3n) is 7.58. The molecule has 2 heterocycles. The summed E-state index contributed by atoms with van der Waals surface area (Å²) in [5, 5.41) is 22.4. The lowest BCUT2D eigenvalue weighted by Crippen LogP contribution is -2.64. The summed E-state index contributed by atoms with van der Waals surface area (Å²) in [6.45, 7) is 3.74. The second kappa shape index (κ2) is 18.2. The Morgan fingerprint density at radius 2 is 1.06 bits per heavy atom. The monoisotopic (exact) mass is 690 g/mol. The Morgan fingerprint density at radius 3 is 1.59 bits per heavy atom. The van der Waals surface area contributed by atoms with Crippen molar-refractivity contribution >= 4 is 23.9 Å². The first kappa shape index (κ1) is 37.9. The Balaban J connectivity index is 1.58. The Kier molecular flexibility index (Phi) is 14.0. The minimum absolute atomic E-state index is 0.0585. The van der Waals surface area contributed by atoms with Gasteiger partial charge in [0.15, 0.2) is 30.9 Å². The zero-order valence-corrected chi connectivity index (χ0v) is 27.6. The van der Waals surface area contributed by atoms with Crippen LogP contribution in [-0.2, 0) is 75.0 Å². The third kappa shape index (κ3) is 11.0. The summed E-state index contributed by atoms with van der Waals surface area (Å²) in [7, 11) is 0. The van der Waals surface area contributed by atoms with Crippen LogP contribution in [0.3, 0.4) is 0 Å². The molecule has 0 aliphatic carbocycles. The van der Waals surface area contributed by atoms with E-state index in [1.54, 1.807) is 0 Å². The van der Waals surface area contributed by atoms with Gasteiger partial charge in [-0.05, 0) is 11.1 Å². The van der Waals surface area contributed by atoms with Gasteiger partial charge in [0, 0.05) is 27.7 Å². The normalized spacial score (nSPS) is 29.8. The summed E-state index contributed by atoms with van der Waals surface area (Å²) < 4.78 is 51.3. The first-order chi connectivity index (χ1) is 23.4. The molecule has 0 bridgehead atoms. The number of rotatable bonds is 14. The fraction of sp³-hybridized carbons (Fsp3) is 0.529. The van der Waals surface area contributed by atoms with E-state index >= 15 is 0 Å². The standard InChI is InChI=1S/C34H42O15/c1-19(35)41-17-26-29(45-20(2)36)31(46-21(3)37)32(47-22(4)38)34(49-26)44-18-25-28(42-15-23-11-7-5-8-12-23)27(39)30(33(40)48-25)43-16-24-13-9-6-10-14-24/h5-14,25-34,39-40H,15-18H2,1-4H3/t25-,26-,27+,28-,29-,30-,31+,32-,33-,34-/m1/s1. The highest BCUT2D eigenvalue weighted by molar-refractivity contribution is 5.68. The zero-order chi connectivity index (χ0) is 35.5. The highest BCUT2D eigenvalue weighted by Gasteiger charge is 2.54. The van der Waals surface area contributed by atoms with Crippen molar-refractivity contribution in [2.24, 2.45) is 0 Å². The molecule has 49 heavy (non-hydrogen) atoms. The number of ether oxygens (including phenoxy) is 9. The van der Waals surface area contributed by atoms with Crippen LogP contribution < -0.4 is 0 Å². The lowest BCUT2D eigenvalue weighted by Gasteiger charge is -2.45. The molecule has 268 valence electrons. The summed E-state index contributed by atoms with van der Waals surface area (Å²) in [6.07, 6.45) is -13.5. The maximum atomic E-state index is 12.2. The van der Waals surface area contributed by atoms with Crippen LogP contribution in [0.2, 0.25) is 0 Å². The van der Waals surface area contributed by atoms with Crippen LogP contribution in [0, 0.1) is 0 Å². The molecule has 0 aromatic heterocycles. The van der Waals surface area contributed by atoms with Crippen LogP contribution in [-0.4, -0.2) is 109 Å². The number of benzene rings is 2. The predicted octanol–water partition coefficient (Wildman–Crippen LogP) is 1.34. The van der Waals surface area contributed by atoms with Crippen molar-refractivity contribution in [2.75, 3.05) is 13.2 Å². The topological polar surface area (TPSA) is 192 Å². The van der Waals surface area contributed by atoms with Gasteiger partial charge in [0.2, 0.25) is 0 Å². The fourth-order valence-electron chi connectivity index (χ4n) is 5.48. The van der Waals surface area contributed by atoms with Crippen LogP contribution in [0.25, 0.3) is 0 Å². The molecule has 0 saturated carbocycles.